The van der Waals surface area contributed by atoms with Crippen LogP contribution in [0.25, 0.3) is 0 Å². The molecule has 1 heterocycles. The second-order valence-corrected chi connectivity index (χ2v) is 8.19. The minimum Gasteiger partial charge on any atom is -0.481 e. The molecule has 1 saturated heterocycles. The molecule has 3 heteroatoms. The van der Waals surface area contributed by atoms with Crippen LogP contribution in [-0.2, 0) is 4.79 Å². The van der Waals surface area contributed by atoms with Crippen LogP contribution in [0, 0.1) is 11.3 Å². The highest BCUT2D eigenvalue weighted by Crippen LogP contribution is 2.40. The predicted octanol–water partition coefficient (Wildman–Crippen LogP) is 4.31. The van der Waals surface area contributed by atoms with E-state index in [1.54, 1.807) is 0 Å². The number of hydrogen-bond acceptors (Lipinski definition) is 2. The third-order valence-electron chi connectivity index (χ3n) is 5.75. The molecule has 0 amide bonds. The van der Waals surface area contributed by atoms with Gasteiger partial charge in [-0.1, -0.05) is 27.2 Å². The molecule has 0 aromatic carbocycles. The number of rotatable bonds is 4. The average molecular weight is 295 g/mol. The molecule has 1 atom stereocenters. The molecule has 1 N–H and O–H groups in total. The Labute approximate surface area is 130 Å². The minimum absolute atomic E-state index is 0.332. The summed E-state index contributed by atoms with van der Waals surface area (Å²) in [4.78, 5) is 13.5. The Bertz CT molecular complexity index is 340. The van der Waals surface area contributed by atoms with E-state index in [0.29, 0.717) is 23.9 Å². The van der Waals surface area contributed by atoms with Gasteiger partial charge in [-0.15, -0.1) is 0 Å². The molecule has 21 heavy (non-hydrogen) atoms. The number of carbonyl (C=O) groups is 1. The van der Waals surface area contributed by atoms with Gasteiger partial charge in [-0.25, -0.2) is 0 Å². The van der Waals surface area contributed by atoms with E-state index in [1.807, 2.05) is 0 Å². The predicted molar refractivity (Wildman–Crippen MR) is 86.4 cm³/mol. The van der Waals surface area contributed by atoms with Gasteiger partial charge in [-0.2, -0.15) is 0 Å². The molecular weight excluding hydrogens is 262 g/mol. The highest BCUT2D eigenvalue weighted by atomic mass is 16.4. The first-order valence-electron chi connectivity index (χ1n) is 8.85. The quantitative estimate of drug-likeness (QED) is 0.840. The minimum atomic E-state index is -0.642. The zero-order chi connectivity index (χ0) is 15.5. The Morgan fingerprint density at radius 1 is 1.10 bits per heavy atom. The lowest BCUT2D eigenvalue weighted by Crippen LogP contribution is -2.48. The second-order valence-electron chi connectivity index (χ2n) is 8.19. The number of likely N-dealkylation sites (tertiary alicyclic amines) is 1. The largest absolute Gasteiger partial charge is 0.481 e. The van der Waals surface area contributed by atoms with Crippen LogP contribution in [0.15, 0.2) is 0 Å². The summed E-state index contributed by atoms with van der Waals surface area (Å²) in [5.74, 6) is 0.216. The van der Waals surface area contributed by atoms with E-state index in [4.69, 9.17) is 5.11 Å². The molecule has 1 unspecified atom stereocenters. The first-order chi connectivity index (χ1) is 9.88. The van der Waals surface area contributed by atoms with Gasteiger partial charge in [0.1, 0.15) is 0 Å². The number of aliphatic carboxylic acids is 1. The molecule has 2 rings (SSSR count). The van der Waals surface area contributed by atoms with Crippen LogP contribution in [0.5, 0.6) is 0 Å². The van der Waals surface area contributed by atoms with Crippen LogP contribution >= 0.6 is 0 Å². The van der Waals surface area contributed by atoms with E-state index in [9.17, 15) is 4.79 Å². The molecule has 0 radical (unpaired) electrons. The lowest BCUT2D eigenvalue weighted by Gasteiger charge is -2.46. The van der Waals surface area contributed by atoms with Crippen molar-refractivity contribution in [3.05, 3.63) is 0 Å². The Balaban J connectivity index is 1.88. The first-order valence-corrected chi connectivity index (χ1v) is 8.85. The number of piperidine rings is 1. The van der Waals surface area contributed by atoms with Gasteiger partial charge in [0.25, 0.3) is 0 Å². The van der Waals surface area contributed by atoms with Gasteiger partial charge in [-0.05, 0) is 62.8 Å². The molecule has 2 aliphatic rings. The summed E-state index contributed by atoms with van der Waals surface area (Å²) in [6.07, 6.45) is 10.3. The molecule has 1 saturated carbocycles. The van der Waals surface area contributed by atoms with Crippen LogP contribution in [0.3, 0.4) is 0 Å². The third-order valence-corrected chi connectivity index (χ3v) is 5.75. The highest BCUT2D eigenvalue weighted by Gasteiger charge is 2.35. The van der Waals surface area contributed by atoms with E-state index in [2.05, 4.69) is 25.7 Å². The SMILES string of the molecule is CC(C)(C)C1CCC(N2CCCCC2CCC(=O)O)CC1. The molecule has 1 aliphatic heterocycles. The van der Waals surface area contributed by atoms with Crippen LogP contribution in [0.1, 0.15) is 78.6 Å². The second kappa shape index (κ2) is 7.13. The van der Waals surface area contributed by atoms with Crippen LogP contribution < -0.4 is 0 Å². The van der Waals surface area contributed by atoms with Crippen molar-refractivity contribution in [2.24, 2.45) is 11.3 Å². The van der Waals surface area contributed by atoms with Crippen molar-refractivity contribution in [2.75, 3.05) is 6.54 Å². The van der Waals surface area contributed by atoms with E-state index < -0.39 is 5.97 Å². The summed E-state index contributed by atoms with van der Waals surface area (Å²) in [5.41, 5.74) is 0.440. The third kappa shape index (κ3) is 4.70. The lowest BCUT2D eigenvalue weighted by atomic mass is 9.71. The molecule has 0 spiro atoms. The Hall–Kier alpha value is -0.570. The van der Waals surface area contributed by atoms with Crippen molar-refractivity contribution in [1.82, 2.24) is 4.90 Å². The maximum atomic E-state index is 10.9. The summed E-state index contributed by atoms with van der Waals surface area (Å²) in [5, 5.41) is 8.95. The average Bonchev–Trinajstić information content (AvgIpc) is 2.44. The van der Waals surface area contributed by atoms with Gasteiger partial charge in [0.05, 0.1) is 0 Å². The number of nitrogens with zero attached hydrogens (tertiary/aromatic N) is 1. The van der Waals surface area contributed by atoms with E-state index >= 15 is 0 Å². The first kappa shape index (κ1) is 16.8. The zero-order valence-electron chi connectivity index (χ0n) is 14.1. The summed E-state index contributed by atoms with van der Waals surface area (Å²) in [6.45, 7) is 8.30. The maximum Gasteiger partial charge on any atom is 0.303 e. The fraction of sp³-hybridized carbons (Fsp3) is 0.944. The number of carboxylic acid groups (broad SMARTS) is 1. The Morgan fingerprint density at radius 2 is 1.76 bits per heavy atom. The summed E-state index contributed by atoms with van der Waals surface area (Å²) >= 11 is 0. The summed E-state index contributed by atoms with van der Waals surface area (Å²) < 4.78 is 0. The van der Waals surface area contributed by atoms with Gasteiger partial charge in [-0.3, -0.25) is 9.69 Å². The molecule has 0 bridgehead atoms. The molecule has 1 aliphatic carbocycles. The van der Waals surface area contributed by atoms with Gasteiger partial charge < -0.3 is 5.11 Å². The molecule has 122 valence electrons. The van der Waals surface area contributed by atoms with Crippen molar-refractivity contribution in [2.45, 2.75) is 90.6 Å². The Kier molecular flexibility index (Phi) is 5.70. The van der Waals surface area contributed by atoms with Crippen molar-refractivity contribution in [3.8, 4) is 0 Å². The van der Waals surface area contributed by atoms with Crippen molar-refractivity contribution in [1.29, 1.82) is 0 Å². The maximum absolute atomic E-state index is 10.9. The monoisotopic (exact) mass is 295 g/mol. The fourth-order valence-corrected chi connectivity index (χ4v) is 4.38. The number of hydrogen-bond donors (Lipinski definition) is 1. The van der Waals surface area contributed by atoms with Crippen molar-refractivity contribution >= 4 is 5.97 Å². The normalized spacial score (nSPS) is 32.0. The molecule has 0 aromatic heterocycles. The lowest BCUT2D eigenvalue weighted by molar-refractivity contribution is -0.137. The van der Waals surface area contributed by atoms with E-state index in [-0.39, 0.29) is 0 Å². The fourth-order valence-electron chi connectivity index (χ4n) is 4.38. The molecule has 0 aromatic rings. The van der Waals surface area contributed by atoms with Crippen LogP contribution in [-0.4, -0.2) is 34.6 Å². The molecular formula is C18H33NO2. The van der Waals surface area contributed by atoms with Crippen molar-refractivity contribution in [3.63, 3.8) is 0 Å². The van der Waals surface area contributed by atoms with Gasteiger partial charge >= 0.3 is 5.97 Å². The van der Waals surface area contributed by atoms with Crippen LogP contribution in [0.4, 0.5) is 0 Å². The molecule has 3 nitrogen and oxygen atoms in total. The van der Waals surface area contributed by atoms with Crippen LogP contribution in [0.2, 0.25) is 0 Å². The standard InChI is InChI=1S/C18H33NO2/c1-18(2,3)14-7-9-16(10-8-14)19-13-5-4-6-15(19)11-12-17(20)21/h14-16H,4-13H2,1-3H3,(H,20,21). The van der Waals surface area contributed by atoms with Crippen molar-refractivity contribution < 1.29 is 9.90 Å². The topological polar surface area (TPSA) is 40.5 Å². The Morgan fingerprint density at radius 3 is 2.33 bits per heavy atom. The smallest absolute Gasteiger partial charge is 0.303 e. The summed E-state index contributed by atoms with van der Waals surface area (Å²) in [7, 11) is 0. The van der Waals surface area contributed by atoms with E-state index in [1.165, 1.54) is 51.5 Å². The number of carboxylic acids is 1. The summed E-state index contributed by atoms with van der Waals surface area (Å²) in [6, 6.07) is 1.23. The molecule has 2 fully saturated rings. The zero-order valence-corrected chi connectivity index (χ0v) is 14.1. The van der Waals surface area contributed by atoms with E-state index in [0.717, 1.165) is 12.3 Å². The van der Waals surface area contributed by atoms with Gasteiger partial charge in [0.2, 0.25) is 0 Å². The van der Waals surface area contributed by atoms with Gasteiger partial charge in [0, 0.05) is 18.5 Å². The highest BCUT2D eigenvalue weighted by molar-refractivity contribution is 5.66. The van der Waals surface area contributed by atoms with Gasteiger partial charge in [0.15, 0.2) is 0 Å².